The molecule has 0 aromatic heterocycles. The molecule has 0 saturated carbocycles. The first-order valence-electron chi connectivity index (χ1n) is 7.72. The summed E-state index contributed by atoms with van der Waals surface area (Å²) in [6.07, 6.45) is -4.17. The van der Waals surface area contributed by atoms with Gasteiger partial charge in [0.25, 0.3) is 0 Å². The van der Waals surface area contributed by atoms with Crippen LogP contribution in [0.15, 0.2) is 35.3 Å². The van der Waals surface area contributed by atoms with Gasteiger partial charge in [-0.05, 0) is 12.5 Å². The van der Waals surface area contributed by atoms with Gasteiger partial charge < -0.3 is 10.2 Å². The highest BCUT2D eigenvalue weighted by Crippen LogP contribution is 2.25. The van der Waals surface area contributed by atoms with Crippen molar-refractivity contribution in [1.82, 2.24) is 15.1 Å². The van der Waals surface area contributed by atoms with E-state index in [2.05, 4.69) is 10.3 Å². The Morgan fingerprint density at radius 1 is 1.17 bits per heavy atom. The van der Waals surface area contributed by atoms with E-state index in [9.17, 15) is 13.2 Å². The Morgan fingerprint density at radius 2 is 1.78 bits per heavy atom. The molecule has 1 atom stereocenters. The molecule has 1 heterocycles. The summed E-state index contributed by atoms with van der Waals surface area (Å²) < 4.78 is 38.3. The lowest BCUT2D eigenvalue weighted by Gasteiger charge is -2.39. The summed E-state index contributed by atoms with van der Waals surface area (Å²) in [4.78, 5) is 7.71. The van der Waals surface area contributed by atoms with Crippen LogP contribution in [0.25, 0.3) is 0 Å². The Kier molecular flexibility index (Phi) is 5.87. The summed E-state index contributed by atoms with van der Waals surface area (Å²) >= 11 is 0. The second kappa shape index (κ2) is 7.68. The fraction of sp³-hybridized carbons (Fsp3) is 0.562. The van der Waals surface area contributed by atoms with E-state index in [0.717, 1.165) is 11.5 Å². The first-order chi connectivity index (χ1) is 10.9. The van der Waals surface area contributed by atoms with Crippen molar-refractivity contribution in [3.63, 3.8) is 0 Å². The minimum absolute atomic E-state index is 0.382. The van der Waals surface area contributed by atoms with Crippen LogP contribution in [0.5, 0.6) is 0 Å². The van der Waals surface area contributed by atoms with Gasteiger partial charge in [-0.1, -0.05) is 30.3 Å². The van der Waals surface area contributed by atoms with Crippen molar-refractivity contribution in [2.75, 3.05) is 33.2 Å². The third-order valence-corrected chi connectivity index (χ3v) is 4.14. The van der Waals surface area contributed by atoms with Gasteiger partial charge in [0, 0.05) is 39.8 Å². The molecule has 1 fully saturated rings. The van der Waals surface area contributed by atoms with Crippen LogP contribution < -0.4 is 5.32 Å². The standard InChI is InChI=1S/C16H23F3N4/c1-13(16(17,18)19)22-8-10-23(11-9-22)15(20-2)21-12-14-6-4-3-5-7-14/h3-7,13H,8-12H2,1-2H3,(H,20,21). The van der Waals surface area contributed by atoms with Gasteiger partial charge in [-0.25, -0.2) is 0 Å². The molecule has 0 aliphatic carbocycles. The van der Waals surface area contributed by atoms with Gasteiger partial charge in [0.15, 0.2) is 5.96 Å². The van der Waals surface area contributed by atoms with Crippen LogP contribution in [0.1, 0.15) is 12.5 Å². The number of hydrogen-bond donors (Lipinski definition) is 1. The molecule has 4 nitrogen and oxygen atoms in total. The molecule has 128 valence electrons. The molecular formula is C16H23F3N4. The van der Waals surface area contributed by atoms with Crippen molar-refractivity contribution in [3.05, 3.63) is 35.9 Å². The molecule has 7 heteroatoms. The number of benzene rings is 1. The quantitative estimate of drug-likeness (QED) is 0.682. The minimum atomic E-state index is -4.17. The number of nitrogens with one attached hydrogen (secondary N) is 1. The largest absolute Gasteiger partial charge is 0.403 e. The highest BCUT2D eigenvalue weighted by atomic mass is 19.4. The van der Waals surface area contributed by atoms with Gasteiger partial charge >= 0.3 is 6.18 Å². The second-order valence-electron chi connectivity index (χ2n) is 5.63. The van der Waals surface area contributed by atoms with Gasteiger partial charge in [-0.3, -0.25) is 9.89 Å². The Bertz CT molecular complexity index is 508. The molecule has 1 saturated heterocycles. The van der Waals surface area contributed by atoms with Crippen molar-refractivity contribution in [2.24, 2.45) is 4.99 Å². The summed E-state index contributed by atoms with van der Waals surface area (Å²) in [5, 5.41) is 3.26. The molecule has 1 aromatic carbocycles. The topological polar surface area (TPSA) is 30.9 Å². The van der Waals surface area contributed by atoms with E-state index >= 15 is 0 Å². The molecule has 1 aliphatic heterocycles. The molecule has 0 spiro atoms. The number of hydrogen-bond acceptors (Lipinski definition) is 2. The maximum absolute atomic E-state index is 12.8. The number of aliphatic imine (C=N–C) groups is 1. The predicted octanol–water partition coefficient (Wildman–Crippen LogP) is 2.33. The zero-order valence-electron chi connectivity index (χ0n) is 13.5. The third-order valence-electron chi connectivity index (χ3n) is 4.14. The Balaban J connectivity index is 1.85. The van der Waals surface area contributed by atoms with Crippen molar-refractivity contribution in [3.8, 4) is 0 Å². The number of rotatable bonds is 3. The molecule has 0 bridgehead atoms. The molecule has 0 amide bonds. The zero-order valence-corrected chi connectivity index (χ0v) is 13.5. The lowest BCUT2D eigenvalue weighted by molar-refractivity contribution is -0.181. The SMILES string of the molecule is CN=C(NCc1ccccc1)N1CCN(C(C)C(F)(F)F)CC1. The van der Waals surface area contributed by atoms with Gasteiger partial charge in [-0.15, -0.1) is 0 Å². The average Bonchev–Trinajstić information content (AvgIpc) is 2.55. The van der Waals surface area contributed by atoms with E-state index in [1.54, 1.807) is 7.05 Å². The van der Waals surface area contributed by atoms with E-state index in [-0.39, 0.29) is 0 Å². The van der Waals surface area contributed by atoms with Gasteiger partial charge in [0.1, 0.15) is 6.04 Å². The first kappa shape index (κ1) is 17.6. The minimum Gasteiger partial charge on any atom is -0.352 e. The summed E-state index contributed by atoms with van der Waals surface area (Å²) in [5.41, 5.74) is 1.14. The molecule has 1 unspecified atom stereocenters. The summed E-state index contributed by atoms with van der Waals surface area (Å²) in [6.45, 7) is 3.70. The van der Waals surface area contributed by atoms with E-state index in [0.29, 0.717) is 32.7 Å². The fourth-order valence-electron chi connectivity index (χ4n) is 2.64. The number of halogens is 3. The van der Waals surface area contributed by atoms with Crippen molar-refractivity contribution < 1.29 is 13.2 Å². The second-order valence-corrected chi connectivity index (χ2v) is 5.63. The van der Waals surface area contributed by atoms with Crippen LogP contribution in [-0.2, 0) is 6.54 Å². The predicted molar refractivity (Wildman–Crippen MR) is 85.3 cm³/mol. The maximum atomic E-state index is 12.8. The van der Waals surface area contributed by atoms with Crippen LogP contribution >= 0.6 is 0 Å². The molecule has 0 radical (unpaired) electrons. The van der Waals surface area contributed by atoms with Gasteiger partial charge in [0.05, 0.1) is 0 Å². The normalized spacial score (nSPS) is 18.8. The summed E-state index contributed by atoms with van der Waals surface area (Å²) in [5.74, 6) is 0.730. The van der Waals surface area contributed by atoms with E-state index < -0.39 is 12.2 Å². The Morgan fingerprint density at radius 3 is 2.30 bits per heavy atom. The Labute approximate surface area is 135 Å². The maximum Gasteiger partial charge on any atom is 0.403 e. The van der Waals surface area contributed by atoms with Crippen LogP contribution in [0.4, 0.5) is 13.2 Å². The van der Waals surface area contributed by atoms with Crippen LogP contribution in [0.3, 0.4) is 0 Å². The molecule has 1 aliphatic rings. The van der Waals surface area contributed by atoms with E-state index in [1.807, 2.05) is 35.2 Å². The number of guanidine groups is 1. The lowest BCUT2D eigenvalue weighted by Crippen LogP contribution is -2.56. The summed E-state index contributed by atoms with van der Waals surface area (Å²) in [7, 11) is 1.69. The van der Waals surface area contributed by atoms with Crippen LogP contribution in [0.2, 0.25) is 0 Å². The zero-order chi connectivity index (χ0) is 16.9. The highest BCUT2D eigenvalue weighted by Gasteiger charge is 2.41. The number of alkyl halides is 3. The van der Waals surface area contributed by atoms with Crippen molar-refractivity contribution in [2.45, 2.75) is 25.7 Å². The molecule has 2 rings (SSSR count). The lowest BCUT2D eigenvalue weighted by atomic mass is 10.2. The van der Waals surface area contributed by atoms with Crippen molar-refractivity contribution in [1.29, 1.82) is 0 Å². The smallest absolute Gasteiger partial charge is 0.352 e. The number of nitrogens with zero attached hydrogens (tertiary/aromatic N) is 3. The first-order valence-corrected chi connectivity index (χ1v) is 7.72. The van der Waals surface area contributed by atoms with E-state index in [1.165, 1.54) is 11.8 Å². The monoisotopic (exact) mass is 328 g/mol. The van der Waals surface area contributed by atoms with Crippen LogP contribution in [0, 0.1) is 0 Å². The number of piperazine rings is 1. The van der Waals surface area contributed by atoms with Gasteiger partial charge in [-0.2, -0.15) is 13.2 Å². The molecule has 1 aromatic rings. The van der Waals surface area contributed by atoms with Gasteiger partial charge in [0.2, 0.25) is 0 Å². The third kappa shape index (κ3) is 4.86. The molecule has 23 heavy (non-hydrogen) atoms. The molecular weight excluding hydrogens is 305 g/mol. The fourth-order valence-corrected chi connectivity index (χ4v) is 2.64. The Hall–Kier alpha value is -1.76. The summed E-state index contributed by atoms with van der Waals surface area (Å²) in [6, 6.07) is 8.53. The molecule has 1 N–H and O–H groups in total. The van der Waals surface area contributed by atoms with Crippen molar-refractivity contribution >= 4 is 5.96 Å². The highest BCUT2D eigenvalue weighted by molar-refractivity contribution is 5.80. The van der Waals surface area contributed by atoms with Crippen LogP contribution in [-0.4, -0.2) is 61.2 Å². The average molecular weight is 328 g/mol. The van der Waals surface area contributed by atoms with E-state index in [4.69, 9.17) is 0 Å².